The van der Waals surface area contributed by atoms with Crippen LogP contribution in [0, 0.1) is 11.7 Å². The molecule has 19 heavy (non-hydrogen) atoms. The molecule has 1 fully saturated rings. The molecule has 0 radical (unpaired) electrons. The first-order valence-electron chi connectivity index (χ1n) is 5.48. The number of anilines is 1. The molecule has 0 N–H and O–H groups in total. The monoisotopic (exact) mass is 346 g/mol. The molecule has 1 aromatic carbocycles. The molecule has 0 aromatic heterocycles. The highest BCUT2D eigenvalue weighted by atomic mass is 79.9. The van der Waals surface area contributed by atoms with Gasteiger partial charge in [0.2, 0.25) is 5.91 Å². The second-order valence-electron chi connectivity index (χ2n) is 4.21. The van der Waals surface area contributed by atoms with Gasteiger partial charge in [0.05, 0.1) is 5.69 Å². The van der Waals surface area contributed by atoms with E-state index in [1.807, 2.05) is 0 Å². The van der Waals surface area contributed by atoms with Gasteiger partial charge in [-0.05, 0) is 39.5 Å². The normalized spacial score (nSPS) is 18.6. The molecule has 0 bridgehead atoms. The van der Waals surface area contributed by atoms with Crippen LogP contribution in [0.25, 0.3) is 10.4 Å². The van der Waals surface area contributed by atoms with E-state index in [1.54, 1.807) is 0 Å². The van der Waals surface area contributed by atoms with Gasteiger partial charge in [0.1, 0.15) is 5.82 Å². The standard InChI is InChI=1S/C11H9BrClFN4O/c12-8-2-7(13)3-9(14)11(8)18-5-6(1-10(18)19)4-16-17-15/h2-3,6H,1,4-5H2. The highest BCUT2D eigenvalue weighted by Gasteiger charge is 2.32. The van der Waals surface area contributed by atoms with Crippen LogP contribution in [0.2, 0.25) is 5.02 Å². The Morgan fingerprint density at radius 1 is 1.63 bits per heavy atom. The number of rotatable bonds is 3. The van der Waals surface area contributed by atoms with Crippen molar-refractivity contribution in [2.75, 3.05) is 18.0 Å². The maximum atomic E-state index is 13.9. The van der Waals surface area contributed by atoms with Crippen molar-refractivity contribution in [2.24, 2.45) is 11.0 Å². The first-order valence-corrected chi connectivity index (χ1v) is 6.65. The maximum absolute atomic E-state index is 13.9. The van der Waals surface area contributed by atoms with E-state index in [-0.39, 0.29) is 35.5 Å². The zero-order valence-corrected chi connectivity index (χ0v) is 12.0. The van der Waals surface area contributed by atoms with Crippen LogP contribution in [0.1, 0.15) is 6.42 Å². The van der Waals surface area contributed by atoms with Gasteiger partial charge in [-0.25, -0.2) is 4.39 Å². The van der Waals surface area contributed by atoms with Crippen LogP contribution in [0.4, 0.5) is 10.1 Å². The summed E-state index contributed by atoms with van der Waals surface area (Å²) in [4.78, 5) is 15.9. The van der Waals surface area contributed by atoms with Crippen molar-refractivity contribution in [2.45, 2.75) is 6.42 Å². The van der Waals surface area contributed by atoms with Gasteiger partial charge in [0, 0.05) is 33.9 Å². The van der Waals surface area contributed by atoms with Crippen molar-refractivity contribution in [3.63, 3.8) is 0 Å². The molecule has 0 aliphatic carbocycles. The van der Waals surface area contributed by atoms with Gasteiger partial charge in [-0.3, -0.25) is 4.79 Å². The number of hydrogen-bond acceptors (Lipinski definition) is 2. The van der Waals surface area contributed by atoms with Crippen LogP contribution in [0.15, 0.2) is 21.7 Å². The van der Waals surface area contributed by atoms with E-state index >= 15 is 0 Å². The van der Waals surface area contributed by atoms with E-state index in [1.165, 1.54) is 11.0 Å². The van der Waals surface area contributed by atoms with Crippen molar-refractivity contribution in [1.29, 1.82) is 0 Å². The summed E-state index contributed by atoms with van der Waals surface area (Å²) in [6.07, 6.45) is 0.244. The average molecular weight is 348 g/mol. The van der Waals surface area contributed by atoms with Gasteiger partial charge in [-0.1, -0.05) is 16.7 Å². The zero-order valence-electron chi connectivity index (χ0n) is 9.68. The molecule has 100 valence electrons. The molecule has 1 aliphatic rings. The summed E-state index contributed by atoms with van der Waals surface area (Å²) in [6, 6.07) is 2.70. The zero-order chi connectivity index (χ0) is 14.0. The molecular weight excluding hydrogens is 339 g/mol. The molecule has 1 heterocycles. The molecule has 1 unspecified atom stereocenters. The van der Waals surface area contributed by atoms with Crippen LogP contribution < -0.4 is 4.90 Å². The minimum Gasteiger partial charge on any atom is -0.308 e. The second kappa shape index (κ2) is 5.77. The molecular formula is C11H9BrClFN4O. The van der Waals surface area contributed by atoms with Crippen LogP contribution in [0.5, 0.6) is 0 Å². The summed E-state index contributed by atoms with van der Waals surface area (Å²) in [5.74, 6) is -0.845. The van der Waals surface area contributed by atoms with E-state index in [4.69, 9.17) is 17.1 Å². The lowest BCUT2D eigenvalue weighted by atomic mass is 10.1. The number of nitrogens with zero attached hydrogens (tertiary/aromatic N) is 4. The Balaban J connectivity index is 2.28. The Bertz CT molecular complexity index is 553. The average Bonchev–Trinajstić information content (AvgIpc) is 2.67. The molecule has 1 saturated heterocycles. The van der Waals surface area contributed by atoms with Crippen molar-refractivity contribution in [3.8, 4) is 0 Å². The van der Waals surface area contributed by atoms with E-state index < -0.39 is 5.82 Å². The SMILES string of the molecule is [N-]=[N+]=NCC1CC(=O)N(c2c(F)cc(Cl)cc2Br)C1. The van der Waals surface area contributed by atoms with Crippen molar-refractivity contribution in [1.82, 2.24) is 0 Å². The lowest BCUT2D eigenvalue weighted by molar-refractivity contribution is -0.117. The fraction of sp³-hybridized carbons (Fsp3) is 0.364. The Kier molecular flexibility index (Phi) is 4.29. The van der Waals surface area contributed by atoms with E-state index in [0.29, 0.717) is 11.0 Å². The largest absolute Gasteiger partial charge is 0.308 e. The van der Waals surface area contributed by atoms with Crippen LogP contribution in [-0.4, -0.2) is 19.0 Å². The van der Waals surface area contributed by atoms with Gasteiger partial charge in [0.15, 0.2) is 0 Å². The first kappa shape index (κ1) is 14.1. The van der Waals surface area contributed by atoms with Crippen molar-refractivity contribution < 1.29 is 9.18 Å². The fourth-order valence-electron chi connectivity index (χ4n) is 2.06. The molecule has 5 nitrogen and oxygen atoms in total. The molecule has 1 aromatic rings. The topological polar surface area (TPSA) is 69.1 Å². The summed E-state index contributed by atoms with van der Waals surface area (Å²) in [6.45, 7) is 0.556. The number of benzene rings is 1. The van der Waals surface area contributed by atoms with Gasteiger partial charge in [0.25, 0.3) is 0 Å². The Labute approximate surface area is 122 Å². The third kappa shape index (κ3) is 3.00. The number of carbonyl (C=O) groups excluding carboxylic acids is 1. The highest BCUT2D eigenvalue weighted by Crippen LogP contribution is 2.36. The molecule has 2 rings (SSSR count). The second-order valence-corrected chi connectivity index (χ2v) is 5.50. The predicted octanol–water partition coefficient (Wildman–Crippen LogP) is 3.90. The Morgan fingerprint density at radius 3 is 3.00 bits per heavy atom. The van der Waals surface area contributed by atoms with Crippen LogP contribution in [0.3, 0.4) is 0 Å². The summed E-state index contributed by atoms with van der Waals surface area (Å²) in [7, 11) is 0. The number of carbonyl (C=O) groups is 1. The van der Waals surface area contributed by atoms with Crippen molar-refractivity contribution >= 4 is 39.1 Å². The third-order valence-corrected chi connectivity index (χ3v) is 3.68. The van der Waals surface area contributed by atoms with E-state index in [2.05, 4.69) is 26.0 Å². The fourth-order valence-corrected chi connectivity index (χ4v) is 3.05. The lowest BCUT2D eigenvalue weighted by Gasteiger charge is -2.19. The third-order valence-electron chi connectivity index (χ3n) is 2.86. The molecule has 8 heteroatoms. The summed E-state index contributed by atoms with van der Waals surface area (Å²) in [5.41, 5.74) is 8.45. The number of azide groups is 1. The first-order chi connectivity index (χ1) is 9.02. The Morgan fingerprint density at radius 2 is 2.37 bits per heavy atom. The van der Waals surface area contributed by atoms with Crippen LogP contribution in [-0.2, 0) is 4.79 Å². The number of halogens is 3. The molecule has 0 saturated carbocycles. The minimum absolute atomic E-state index is 0.0922. The maximum Gasteiger partial charge on any atom is 0.227 e. The quantitative estimate of drug-likeness (QED) is 0.464. The molecule has 1 amide bonds. The number of amides is 1. The van der Waals surface area contributed by atoms with E-state index in [0.717, 1.165) is 6.07 Å². The predicted molar refractivity (Wildman–Crippen MR) is 73.6 cm³/mol. The van der Waals surface area contributed by atoms with Gasteiger partial charge in [-0.2, -0.15) is 0 Å². The summed E-state index contributed by atoms with van der Waals surface area (Å²) >= 11 is 8.94. The highest BCUT2D eigenvalue weighted by molar-refractivity contribution is 9.10. The van der Waals surface area contributed by atoms with Crippen molar-refractivity contribution in [3.05, 3.63) is 37.9 Å². The lowest BCUT2D eigenvalue weighted by Crippen LogP contribution is -2.26. The molecule has 1 aliphatic heterocycles. The summed E-state index contributed by atoms with van der Waals surface area (Å²) in [5, 5.41) is 3.71. The number of hydrogen-bond donors (Lipinski definition) is 0. The molecule has 1 atom stereocenters. The van der Waals surface area contributed by atoms with Gasteiger partial charge >= 0.3 is 0 Å². The van der Waals surface area contributed by atoms with E-state index in [9.17, 15) is 9.18 Å². The smallest absolute Gasteiger partial charge is 0.227 e. The Hall–Kier alpha value is -1.30. The minimum atomic E-state index is -0.558. The van der Waals surface area contributed by atoms with Gasteiger partial charge < -0.3 is 4.90 Å². The van der Waals surface area contributed by atoms with Gasteiger partial charge in [-0.15, -0.1) is 0 Å². The summed E-state index contributed by atoms with van der Waals surface area (Å²) < 4.78 is 14.4. The van der Waals surface area contributed by atoms with Crippen LogP contribution >= 0.6 is 27.5 Å². The molecule has 0 spiro atoms.